The highest BCUT2D eigenvalue weighted by Gasteiger charge is 2.21. The summed E-state index contributed by atoms with van der Waals surface area (Å²) in [5.74, 6) is 0. The minimum absolute atomic E-state index is 0.172. The van der Waals surface area contributed by atoms with Crippen LogP contribution in [0.1, 0.15) is 11.0 Å². The van der Waals surface area contributed by atoms with Gasteiger partial charge in [0.25, 0.3) is 0 Å². The standard InChI is InChI=1S/C42H26O/c1-2-13-28(14-3-1)36-26-40-37(30-18-10-11-24-39(30)43-40)25-38(36)42-34-21-8-6-19-32(34)41(33-20-7-9-22-35(33)42)31-23-12-16-27-15-4-5-17-29(27)31/h1-26H/i6D,7D,8D,9D,19D,20D,21D,22D. The summed E-state index contributed by atoms with van der Waals surface area (Å²) < 4.78 is 79.5. The molecule has 1 heteroatoms. The van der Waals surface area contributed by atoms with E-state index < -0.39 is 24.2 Å². The van der Waals surface area contributed by atoms with Gasteiger partial charge < -0.3 is 4.42 Å². The van der Waals surface area contributed by atoms with Crippen LogP contribution in [0, 0.1) is 0 Å². The van der Waals surface area contributed by atoms with Crippen LogP contribution in [0.2, 0.25) is 0 Å². The summed E-state index contributed by atoms with van der Waals surface area (Å²) in [6.07, 6.45) is 0. The first-order valence-electron chi connectivity index (χ1n) is 18.1. The van der Waals surface area contributed by atoms with E-state index >= 15 is 0 Å². The van der Waals surface area contributed by atoms with Crippen LogP contribution in [-0.2, 0) is 0 Å². The van der Waals surface area contributed by atoms with Gasteiger partial charge in [-0.25, -0.2) is 0 Å². The molecule has 1 heterocycles. The molecule has 9 rings (SSSR count). The van der Waals surface area contributed by atoms with Crippen molar-refractivity contribution in [3.05, 3.63) is 158 Å². The van der Waals surface area contributed by atoms with Gasteiger partial charge >= 0.3 is 0 Å². The number of hydrogen-bond acceptors (Lipinski definition) is 1. The van der Waals surface area contributed by atoms with Crippen LogP contribution in [-0.4, -0.2) is 0 Å². The molecule has 9 aromatic rings. The lowest BCUT2D eigenvalue weighted by Crippen LogP contribution is -1.93. The summed E-state index contributed by atoms with van der Waals surface area (Å²) in [5, 5.41) is 3.98. The smallest absolute Gasteiger partial charge is 0.136 e. The Balaban J connectivity index is 1.62. The summed E-state index contributed by atoms with van der Waals surface area (Å²) in [7, 11) is 0. The van der Waals surface area contributed by atoms with Gasteiger partial charge in [0, 0.05) is 10.8 Å². The largest absolute Gasteiger partial charge is 0.456 e. The lowest BCUT2D eigenvalue weighted by atomic mass is 9.82. The van der Waals surface area contributed by atoms with Crippen LogP contribution < -0.4 is 0 Å². The Hall–Kier alpha value is -5.66. The maximum atomic E-state index is 9.47. The van der Waals surface area contributed by atoms with E-state index in [1.807, 2.05) is 109 Å². The second-order valence-corrected chi connectivity index (χ2v) is 10.6. The molecule has 0 radical (unpaired) electrons. The molecule has 0 bridgehead atoms. The third-order valence-electron chi connectivity index (χ3n) is 8.30. The first-order valence-corrected chi connectivity index (χ1v) is 14.1. The Kier molecular flexibility index (Phi) is 3.80. The topological polar surface area (TPSA) is 13.1 Å². The van der Waals surface area contributed by atoms with E-state index in [0.29, 0.717) is 39.0 Å². The van der Waals surface area contributed by atoms with Crippen molar-refractivity contribution in [2.45, 2.75) is 0 Å². The SMILES string of the molecule is [2H]c1c([2H])c([2H])c2c(-c3cccc4ccccc34)c3c([2H])c([2H])c([2H])c([2H])c3c(-c3cc4c(cc3-c3ccccc3)oc3ccccc34)c2c1[2H]. The molecular formula is C42H26O. The Labute approximate surface area is 260 Å². The second kappa shape index (κ2) is 9.44. The van der Waals surface area contributed by atoms with Gasteiger partial charge in [-0.05, 0) is 83.9 Å². The lowest BCUT2D eigenvalue weighted by Gasteiger charge is -2.20. The molecule has 0 spiro atoms. The predicted molar refractivity (Wildman–Crippen MR) is 183 cm³/mol. The van der Waals surface area contributed by atoms with Crippen molar-refractivity contribution in [2.75, 3.05) is 0 Å². The summed E-state index contributed by atoms with van der Waals surface area (Å²) in [5.41, 5.74) is 4.55. The lowest BCUT2D eigenvalue weighted by molar-refractivity contribution is 0.669. The third kappa shape index (κ3) is 3.65. The third-order valence-corrected chi connectivity index (χ3v) is 8.30. The Bertz CT molecular complexity index is 2860. The fraction of sp³-hybridized carbons (Fsp3) is 0. The average molecular weight is 555 g/mol. The predicted octanol–water partition coefficient (Wildman–Crippen LogP) is 12.0. The monoisotopic (exact) mass is 554 g/mol. The van der Waals surface area contributed by atoms with Crippen molar-refractivity contribution in [1.82, 2.24) is 0 Å². The van der Waals surface area contributed by atoms with Crippen LogP contribution in [0.5, 0.6) is 0 Å². The van der Waals surface area contributed by atoms with Crippen molar-refractivity contribution in [3.63, 3.8) is 0 Å². The van der Waals surface area contributed by atoms with Crippen LogP contribution in [0.25, 0.3) is 87.6 Å². The van der Waals surface area contributed by atoms with Crippen molar-refractivity contribution >= 4 is 54.3 Å². The molecule has 0 saturated heterocycles. The summed E-state index contributed by atoms with van der Waals surface area (Å²) in [6, 6.07) is 31.4. The van der Waals surface area contributed by atoms with E-state index in [0.717, 1.165) is 27.1 Å². The number of para-hydroxylation sites is 1. The van der Waals surface area contributed by atoms with Gasteiger partial charge in [0.2, 0.25) is 0 Å². The molecule has 1 nitrogen and oxygen atoms in total. The van der Waals surface area contributed by atoms with Crippen LogP contribution >= 0.6 is 0 Å². The molecular weight excluding hydrogens is 520 g/mol. The molecule has 0 saturated carbocycles. The zero-order valence-corrected chi connectivity index (χ0v) is 22.8. The highest BCUT2D eigenvalue weighted by molar-refractivity contribution is 6.25. The van der Waals surface area contributed by atoms with Crippen molar-refractivity contribution in [3.8, 4) is 33.4 Å². The highest BCUT2D eigenvalue weighted by Crippen LogP contribution is 2.48. The molecule has 43 heavy (non-hydrogen) atoms. The van der Waals surface area contributed by atoms with E-state index in [-0.39, 0.29) is 45.7 Å². The maximum absolute atomic E-state index is 9.47. The molecule has 0 aliphatic carbocycles. The van der Waals surface area contributed by atoms with E-state index in [1.54, 1.807) is 0 Å². The van der Waals surface area contributed by atoms with E-state index in [1.165, 1.54) is 0 Å². The van der Waals surface area contributed by atoms with E-state index in [2.05, 4.69) is 0 Å². The highest BCUT2D eigenvalue weighted by atomic mass is 16.3. The van der Waals surface area contributed by atoms with Crippen LogP contribution in [0.4, 0.5) is 0 Å². The molecule has 0 fully saturated rings. The van der Waals surface area contributed by atoms with Gasteiger partial charge in [-0.15, -0.1) is 0 Å². The van der Waals surface area contributed by atoms with E-state index in [4.69, 9.17) is 9.90 Å². The van der Waals surface area contributed by atoms with Crippen molar-refractivity contribution < 1.29 is 15.4 Å². The summed E-state index contributed by atoms with van der Waals surface area (Å²) >= 11 is 0. The zero-order valence-electron chi connectivity index (χ0n) is 30.8. The molecule has 0 unspecified atom stereocenters. The van der Waals surface area contributed by atoms with Gasteiger partial charge in [0.05, 0.1) is 11.0 Å². The molecule has 0 amide bonds. The minimum Gasteiger partial charge on any atom is -0.456 e. The molecule has 0 aliphatic heterocycles. The van der Waals surface area contributed by atoms with Gasteiger partial charge in [-0.3, -0.25) is 0 Å². The first-order chi connectivity index (χ1) is 24.7. The number of fused-ring (bicyclic) bond motifs is 6. The molecule has 1 aromatic heterocycles. The van der Waals surface area contributed by atoms with Gasteiger partial charge in [0.1, 0.15) is 11.2 Å². The fourth-order valence-corrected chi connectivity index (χ4v) is 6.44. The van der Waals surface area contributed by atoms with Crippen LogP contribution in [0.15, 0.2) is 162 Å². The number of rotatable bonds is 3. The van der Waals surface area contributed by atoms with Gasteiger partial charge in [0.15, 0.2) is 0 Å². The number of furan rings is 1. The Morgan fingerprint density at radius 2 is 0.977 bits per heavy atom. The number of benzene rings is 8. The summed E-state index contributed by atoms with van der Waals surface area (Å²) in [4.78, 5) is 0. The molecule has 0 aliphatic rings. The normalized spacial score (nSPS) is 14.3. The zero-order chi connectivity index (χ0) is 35.3. The minimum atomic E-state index is -0.436. The van der Waals surface area contributed by atoms with Crippen LogP contribution in [0.3, 0.4) is 0 Å². The fourth-order valence-electron chi connectivity index (χ4n) is 6.44. The summed E-state index contributed by atoms with van der Waals surface area (Å²) in [6.45, 7) is 0. The average Bonchev–Trinajstić information content (AvgIpc) is 3.53. The Morgan fingerprint density at radius 1 is 0.395 bits per heavy atom. The Morgan fingerprint density at radius 3 is 1.70 bits per heavy atom. The molecule has 0 N–H and O–H groups in total. The molecule has 200 valence electrons. The van der Waals surface area contributed by atoms with Gasteiger partial charge in [-0.2, -0.15) is 0 Å². The maximum Gasteiger partial charge on any atom is 0.136 e. The van der Waals surface area contributed by atoms with E-state index in [9.17, 15) is 5.48 Å². The van der Waals surface area contributed by atoms with Crippen molar-refractivity contribution in [1.29, 1.82) is 0 Å². The molecule has 0 atom stereocenters. The van der Waals surface area contributed by atoms with Crippen molar-refractivity contribution in [2.24, 2.45) is 0 Å². The quantitative estimate of drug-likeness (QED) is 0.198. The number of hydrogen-bond donors (Lipinski definition) is 0. The second-order valence-electron chi connectivity index (χ2n) is 10.6. The van der Waals surface area contributed by atoms with Gasteiger partial charge in [-0.1, -0.05) is 139 Å². The first kappa shape index (κ1) is 17.3. The molecule has 8 aromatic carbocycles.